The third-order valence-electron chi connectivity index (χ3n) is 6.98. The van der Waals surface area contributed by atoms with Crippen molar-refractivity contribution in [1.82, 2.24) is 10.6 Å². The van der Waals surface area contributed by atoms with E-state index in [1.807, 2.05) is 6.08 Å². The first kappa shape index (κ1) is 37.7. The van der Waals surface area contributed by atoms with Crippen molar-refractivity contribution in [2.75, 3.05) is 39.5 Å². The number of nitrogens with one attached hydrogen (secondary N) is 2. The fourth-order valence-electron chi connectivity index (χ4n) is 4.59. The molecule has 0 aliphatic heterocycles. The van der Waals surface area contributed by atoms with Crippen LogP contribution < -0.4 is 10.6 Å². The highest BCUT2D eigenvalue weighted by molar-refractivity contribution is 5.75. The summed E-state index contributed by atoms with van der Waals surface area (Å²) in [5.41, 5.74) is 1.11. The molecule has 0 aliphatic carbocycles. The van der Waals surface area contributed by atoms with Crippen LogP contribution in [-0.2, 0) is 14.3 Å². The molecule has 5 nitrogen and oxygen atoms in total. The van der Waals surface area contributed by atoms with Crippen LogP contribution in [0, 0.1) is 5.92 Å². The van der Waals surface area contributed by atoms with Crippen molar-refractivity contribution >= 4 is 5.91 Å². The molecule has 5 heteroatoms. The van der Waals surface area contributed by atoms with E-state index >= 15 is 0 Å². The van der Waals surface area contributed by atoms with Crippen molar-refractivity contribution in [3.8, 4) is 0 Å². The van der Waals surface area contributed by atoms with Crippen molar-refractivity contribution in [2.24, 2.45) is 5.92 Å². The summed E-state index contributed by atoms with van der Waals surface area (Å²) in [6, 6.07) is 0. The van der Waals surface area contributed by atoms with Crippen LogP contribution in [-0.4, -0.2) is 45.4 Å². The van der Waals surface area contributed by atoms with Crippen LogP contribution >= 0.6 is 0 Å². The normalized spacial score (nSPS) is 11.2. The second kappa shape index (κ2) is 31.2. The fraction of sp³-hybridized carbons (Fsp3) is 0.853. The highest BCUT2D eigenvalue weighted by atomic mass is 16.5. The van der Waals surface area contributed by atoms with Crippen LogP contribution in [0.4, 0.5) is 0 Å². The Labute approximate surface area is 243 Å². The Kier molecular flexibility index (Phi) is 30.1. The van der Waals surface area contributed by atoms with Gasteiger partial charge in [0.05, 0.1) is 19.8 Å². The van der Waals surface area contributed by atoms with Crippen LogP contribution in [0.15, 0.2) is 24.9 Å². The maximum absolute atomic E-state index is 11.9. The third kappa shape index (κ3) is 32.8. The SMILES string of the molecule is C=CCCCCCCCCCCCCCCCCCCC(=C)NCCCC(=O)NCCOCCOCC(C)C. The number of allylic oxidation sites excluding steroid dienone is 2. The van der Waals surface area contributed by atoms with Crippen molar-refractivity contribution < 1.29 is 14.3 Å². The Hall–Kier alpha value is -1.33. The van der Waals surface area contributed by atoms with Gasteiger partial charge in [0.2, 0.25) is 5.91 Å². The lowest BCUT2D eigenvalue weighted by atomic mass is 10.0. The predicted octanol–water partition coefficient (Wildman–Crippen LogP) is 8.88. The minimum atomic E-state index is 0.0862. The maximum atomic E-state index is 11.9. The lowest BCUT2D eigenvalue weighted by Gasteiger charge is -2.10. The zero-order chi connectivity index (χ0) is 28.7. The molecular weight excluding hydrogens is 484 g/mol. The average Bonchev–Trinajstić information content (AvgIpc) is 2.91. The van der Waals surface area contributed by atoms with Crippen LogP contribution in [0.2, 0.25) is 0 Å². The Balaban J connectivity index is 3.26. The van der Waals surface area contributed by atoms with Crippen molar-refractivity contribution in [3.63, 3.8) is 0 Å². The number of hydrogen-bond donors (Lipinski definition) is 2. The first-order valence-corrected chi connectivity index (χ1v) is 16.5. The Morgan fingerprint density at radius 1 is 0.641 bits per heavy atom. The predicted molar refractivity (Wildman–Crippen MR) is 169 cm³/mol. The molecule has 0 saturated heterocycles. The second-order valence-corrected chi connectivity index (χ2v) is 11.5. The van der Waals surface area contributed by atoms with E-state index in [2.05, 4.69) is 37.6 Å². The zero-order valence-electron chi connectivity index (χ0n) is 26.2. The molecule has 0 heterocycles. The fourth-order valence-corrected chi connectivity index (χ4v) is 4.59. The van der Waals surface area contributed by atoms with Gasteiger partial charge in [0.15, 0.2) is 0 Å². The summed E-state index contributed by atoms with van der Waals surface area (Å²) in [7, 11) is 0. The van der Waals surface area contributed by atoms with Gasteiger partial charge in [-0.05, 0) is 38.0 Å². The van der Waals surface area contributed by atoms with Gasteiger partial charge in [0.1, 0.15) is 0 Å². The number of amides is 1. The first-order chi connectivity index (χ1) is 19.1. The Morgan fingerprint density at radius 2 is 1.15 bits per heavy atom. The maximum Gasteiger partial charge on any atom is 0.220 e. The number of rotatable bonds is 32. The van der Waals surface area contributed by atoms with E-state index in [1.165, 1.54) is 109 Å². The van der Waals surface area contributed by atoms with E-state index in [0.29, 0.717) is 38.7 Å². The summed E-state index contributed by atoms with van der Waals surface area (Å²) in [6.07, 6.45) is 27.8. The molecule has 0 aromatic rings. The molecule has 0 aromatic heterocycles. The van der Waals surface area contributed by atoms with Crippen LogP contribution in [0.5, 0.6) is 0 Å². The number of carbonyl (C=O) groups excluding carboxylic acids is 1. The molecule has 0 atom stereocenters. The van der Waals surface area contributed by atoms with Crippen LogP contribution in [0.25, 0.3) is 0 Å². The van der Waals surface area contributed by atoms with Gasteiger partial charge in [-0.15, -0.1) is 6.58 Å². The monoisotopic (exact) mass is 551 g/mol. The third-order valence-corrected chi connectivity index (χ3v) is 6.98. The van der Waals surface area contributed by atoms with Crippen molar-refractivity contribution in [2.45, 2.75) is 142 Å². The lowest BCUT2D eigenvalue weighted by Crippen LogP contribution is -2.28. The molecule has 0 radical (unpaired) electrons. The van der Waals surface area contributed by atoms with Crippen LogP contribution in [0.1, 0.15) is 142 Å². The van der Waals surface area contributed by atoms with E-state index < -0.39 is 0 Å². The van der Waals surface area contributed by atoms with Crippen LogP contribution in [0.3, 0.4) is 0 Å². The minimum absolute atomic E-state index is 0.0862. The summed E-state index contributed by atoms with van der Waals surface area (Å²) >= 11 is 0. The largest absolute Gasteiger partial charge is 0.389 e. The molecule has 0 spiro atoms. The van der Waals surface area contributed by atoms with Gasteiger partial charge in [-0.3, -0.25) is 4.79 Å². The highest BCUT2D eigenvalue weighted by Gasteiger charge is 2.02. The van der Waals surface area contributed by atoms with E-state index in [4.69, 9.17) is 9.47 Å². The molecule has 0 fully saturated rings. The van der Waals surface area contributed by atoms with E-state index in [-0.39, 0.29) is 5.91 Å². The molecule has 230 valence electrons. The van der Waals surface area contributed by atoms with E-state index in [0.717, 1.165) is 31.7 Å². The first-order valence-electron chi connectivity index (χ1n) is 16.5. The molecule has 0 rings (SSSR count). The number of hydrogen-bond acceptors (Lipinski definition) is 4. The van der Waals surface area contributed by atoms with Crippen molar-refractivity contribution in [1.29, 1.82) is 0 Å². The zero-order valence-corrected chi connectivity index (χ0v) is 26.2. The summed E-state index contributed by atoms with van der Waals surface area (Å²) in [6.45, 7) is 16.0. The topological polar surface area (TPSA) is 59.6 Å². The molecule has 1 amide bonds. The molecule has 2 N–H and O–H groups in total. The quantitative estimate of drug-likeness (QED) is 0.0648. The van der Waals surface area contributed by atoms with E-state index in [9.17, 15) is 4.79 Å². The molecule has 39 heavy (non-hydrogen) atoms. The number of unbranched alkanes of at least 4 members (excludes halogenated alkanes) is 16. The van der Waals surface area contributed by atoms with E-state index in [1.54, 1.807) is 0 Å². The van der Waals surface area contributed by atoms with Crippen molar-refractivity contribution in [3.05, 3.63) is 24.9 Å². The summed E-state index contributed by atoms with van der Waals surface area (Å²) < 4.78 is 10.9. The lowest BCUT2D eigenvalue weighted by molar-refractivity contribution is -0.121. The Morgan fingerprint density at radius 3 is 1.69 bits per heavy atom. The smallest absolute Gasteiger partial charge is 0.220 e. The molecule has 0 unspecified atom stereocenters. The van der Waals surface area contributed by atoms with Gasteiger partial charge in [-0.25, -0.2) is 0 Å². The molecular formula is C34H66N2O3. The standard InChI is InChI=1S/C34H66N2O3/c1-5-6-7-8-9-10-11-12-13-14-15-16-17-18-19-20-21-22-24-33(4)35-26-23-25-34(37)36-27-28-38-29-30-39-31-32(2)3/h5,32,35H,1,4,6-31H2,2-3H3,(H,36,37). The average molecular weight is 551 g/mol. The second-order valence-electron chi connectivity index (χ2n) is 11.5. The highest BCUT2D eigenvalue weighted by Crippen LogP contribution is 2.15. The molecule has 0 aliphatic rings. The van der Waals surface area contributed by atoms with Gasteiger partial charge >= 0.3 is 0 Å². The Bertz CT molecular complexity index is 551. The van der Waals surface area contributed by atoms with Gasteiger partial charge < -0.3 is 20.1 Å². The summed E-state index contributed by atoms with van der Waals surface area (Å²) in [5, 5.41) is 6.29. The summed E-state index contributed by atoms with van der Waals surface area (Å²) in [4.78, 5) is 11.9. The minimum Gasteiger partial charge on any atom is -0.389 e. The summed E-state index contributed by atoms with van der Waals surface area (Å²) in [5.74, 6) is 0.631. The van der Waals surface area contributed by atoms with Gasteiger partial charge in [-0.1, -0.05) is 116 Å². The number of ether oxygens (including phenoxy) is 2. The van der Waals surface area contributed by atoms with Gasteiger partial charge in [0.25, 0.3) is 0 Å². The van der Waals surface area contributed by atoms with Gasteiger partial charge in [-0.2, -0.15) is 0 Å². The number of carbonyl (C=O) groups is 1. The molecule has 0 aromatic carbocycles. The van der Waals surface area contributed by atoms with Gasteiger partial charge in [0, 0.05) is 31.8 Å². The molecule has 0 bridgehead atoms. The molecule has 0 saturated carbocycles.